The molecule has 3 rings (SSSR count). The first kappa shape index (κ1) is 12.3. The number of fused-ring (bicyclic) bond motifs is 1. The standard InChI is InChI=1S/C16H18N2O/c1-11-7-12(5-6-18-11)14-3-2-4-15-13(8-17)9-19-10-16(14)15/h2-7,13H,8-10,17H2,1H3. The van der Waals surface area contributed by atoms with E-state index in [-0.39, 0.29) is 0 Å². The Kier molecular flexibility index (Phi) is 3.32. The van der Waals surface area contributed by atoms with E-state index in [1.807, 2.05) is 13.1 Å². The first-order valence-corrected chi connectivity index (χ1v) is 6.62. The molecule has 0 saturated heterocycles. The molecule has 0 bridgehead atoms. The van der Waals surface area contributed by atoms with E-state index >= 15 is 0 Å². The van der Waals surface area contributed by atoms with Crippen molar-refractivity contribution in [1.82, 2.24) is 4.98 Å². The highest BCUT2D eigenvalue weighted by Crippen LogP contribution is 2.33. The van der Waals surface area contributed by atoms with Crippen LogP contribution < -0.4 is 5.73 Å². The number of nitrogens with zero attached hydrogens (tertiary/aromatic N) is 1. The van der Waals surface area contributed by atoms with Crippen LogP contribution in [0.3, 0.4) is 0 Å². The number of pyridine rings is 1. The number of hydrogen-bond acceptors (Lipinski definition) is 3. The molecule has 2 heterocycles. The predicted octanol–water partition coefficient (Wildman–Crippen LogP) is 2.63. The molecule has 1 unspecified atom stereocenters. The predicted molar refractivity (Wildman–Crippen MR) is 75.9 cm³/mol. The molecule has 2 aromatic rings. The summed E-state index contributed by atoms with van der Waals surface area (Å²) in [4.78, 5) is 4.26. The van der Waals surface area contributed by atoms with Gasteiger partial charge in [0.15, 0.2) is 0 Å². The Morgan fingerprint density at radius 2 is 2.26 bits per heavy atom. The summed E-state index contributed by atoms with van der Waals surface area (Å²) in [5, 5.41) is 0. The smallest absolute Gasteiger partial charge is 0.0725 e. The molecule has 0 saturated carbocycles. The summed E-state index contributed by atoms with van der Waals surface area (Å²) < 4.78 is 5.70. The van der Waals surface area contributed by atoms with E-state index in [0.717, 1.165) is 12.3 Å². The summed E-state index contributed by atoms with van der Waals surface area (Å²) in [6.07, 6.45) is 1.86. The Morgan fingerprint density at radius 3 is 3.05 bits per heavy atom. The minimum Gasteiger partial charge on any atom is -0.376 e. The average molecular weight is 254 g/mol. The van der Waals surface area contributed by atoms with Gasteiger partial charge in [0, 0.05) is 24.4 Å². The van der Waals surface area contributed by atoms with Crippen LogP contribution in [0.5, 0.6) is 0 Å². The number of rotatable bonds is 2. The zero-order chi connectivity index (χ0) is 13.2. The first-order chi connectivity index (χ1) is 9.29. The summed E-state index contributed by atoms with van der Waals surface area (Å²) in [5.41, 5.74) is 11.9. The van der Waals surface area contributed by atoms with Crippen molar-refractivity contribution in [3.05, 3.63) is 53.3 Å². The van der Waals surface area contributed by atoms with Crippen molar-refractivity contribution in [3.8, 4) is 11.1 Å². The molecule has 3 heteroatoms. The Hall–Kier alpha value is -1.71. The summed E-state index contributed by atoms with van der Waals surface area (Å²) >= 11 is 0. The highest BCUT2D eigenvalue weighted by Gasteiger charge is 2.22. The van der Waals surface area contributed by atoms with Gasteiger partial charge in [0.2, 0.25) is 0 Å². The van der Waals surface area contributed by atoms with Gasteiger partial charge >= 0.3 is 0 Å². The maximum atomic E-state index is 5.84. The van der Waals surface area contributed by atoms with Crippen molar-refractivity contribution in [2.24, 2.45) is 5.73 Å². The molecule has 1 aromatic heterocycles. The molecule has 1 aromatic carbocycles. The Morgan fingerprint density at radius 1 is 1.37 bits per heavy atom. The summed E-state index contributed by atoms with van der Waals surface area (Å²) in [6.45, 7) is 4.04. The van der Waals surface area contributed by atoms with Gasteiger partial charge in [0.05, 0.1) is 13.2 Å². The molecular weight excluding hydrogens is 236 g/mol. The fourth-order valence-electron chi connectivity index (χ4n) is 2.72. The summed E-state index contributed by atoms with van der Waals surface area (Å²) in [6, 6.07) is 10.6. The molecule has 0 aliphatic carbocycles. The van der Waals surface area contributed by atoms with E-state index in [1.165, 1.54) is 22.3 Å². The fourth-order valence-corrected chi connectivity index (χ4v) is 2.72. The molecular formula is C16H18N2O. The van der Waals surface area contributed by atoms with Crippen molar-refractivity contribution >= 4 is 0 Å². The van der Waals surface area contributed by atoms with E-state index in [4.69, 9.17) is 10.5 Å². The lowest BCUT2D eigenvalue weighted by Gasteiger charge is -2.26. The van der Waals surface area contributed by atoms with Crippen molar-refractivity contribution in [2.45, 2.75) is 19.4 Å². The van der Waals surface area contributed by atoms with Gasteiger partial charge in [-0.25, -0.2) is 0 Å². The van der Waals surface area contributed by atoms with Gasteiger partial charge in [-0.1, -0.05) is 18.2 Å². The van der Waals surface area contributed by atoms with Crippen LogP contribution in [0.25, 0.3) is 11.1 Å². The van der Waals surface area contributed by atoms with Crippen molar-refractivity contribution in [3.63, 3.8) is 0 Å². The van der Waals surface area contributed by atoms with Crippen LogP contribution in [0.15, 0.2) is 36.5 Å². The Labute approximate surface area is 113 Å². The van der Waals surface area contributed by atoms with E-state index in [2.05, 4.69) is 35.3 Å². The van der Waals surface area contributed by atoms with Crippen LogP contribution in [0, 0.1) is 6.92 Å². The maximum Gasteiger partial charge on any atom is 0.0725 e. The van der Waals surface area contributed by atoms with Crippen LogP contribution in [0.1, 0.15) is 22.7 Å². The third-order valence-corrected chi connectivity index (χ3v) is 3.71. The van der Waals surface area contributed by atoms with Crippen molar-refractivity contribution < 1.29 is 4.74 Å². The highest BCUT2D eigenvalue weighted by molar-refractivity contribution is 5.69. The molecule has 0 radical (unpaired) electrons. The van der Waals surface area contributed by atoms with E-state index in [0.29, 0.717) is 19.1 Å². The lowest BCUT2D eigenvalue weighted by Crippen LogP contribution is -2.24. The lowest BCUT2D eigenvalue weighted by molar-refractivity contribution is 0.0932. The number of aryl methyl sites for hydroxylation is 1. The SMILES string of the molecule is Cc1cc(-c2cccc3c2COCC3CN)ccn1. The molecule has 0 amide bonds. The highest BCUT2D eigenvalue weighted by atomic mass is 16.5. The summed E-state index contributed by atoms with van der Waals surface area (Å²) in [7, 11) is 0. The second kappa shape index (κ2) is 5.11. The van der Waals surface area contributed by atoms with Gasteiger partial charge in [0.25, 0.3) is 0 Å². The average Bonchev–Trinajstić information content (AvgIpc) is 2.46. The van der Waals surface area contributed by atoms with Crippen molar-refractivity contribution in [1.29, 1.82) is 0 Å². The summed E-state index contributed by atoms with van der Waals surface area (Å²) in [5.74, 6) is 0.312. The van der Waals surface area contributed by atoms with Crippen LogP contribution in [-0.2, 0) is 11.3 Å². The lowest BCUT2D eigenvalue weighted by atomic mass is 9.88. The Bertz CT molecular complexity index is 595. The van der Waals surface area contributed by atoms with Crippen LogP contribution in [0.4, 0.5) is 0 Å². The molecule has 0 fully saturated rings. The van der Waals surface area contributed by atoms with Crippen molar-refractivity contribution in [2.75, 3.05) is 13.2 Å². The minimum absolute atomic E-state index is 0.312. The zero-order valence-electron chi connectivity index (χ0n) is 11.1. The molecule has 0 spiro atoms. The molecule has 98 valence electrons. The number of ether oxygens (including phenoxy) is 1. The fraction of sp³-hybridized carbons (Fsp3) is 0.312. The largest absolute Gasteiger partial charge is 0.376 e. The number of nitrogens with two attached hydrogens (primary N) is 1. The van der Waals surface area contributed by atoms with Gasteiger partial charge in [-0.15, -0.1) is 0 Å². The van der Waals surface area contributed by atoms with Crippen LogP contribution in [0.2, 0.25) is 0 Å². The van der Waals surface area contributed by atoms with E-state index in [1.54, 1.807) is 0 Å². The zero-order valence-corrected chi connectivity index (χ0v) is 11.1. The minimum atomic E-state index is 0.312. The molecule has 3 nitrogen and oxygen atoms in total. The monoisotopic (exact) mass is 254 g/mol. The topological polar surface area (TPSA) is 48.1 Å². The first-order valence-electron chi connectivity index (χ1n) is 6.62. The second-order valence-electron chi connectivity index (χ2n) is 5.01. The second-order valence-corrected chi connectivity index (χ2v) is 5.01. The molecule has 1 aliphatic rings. The normalized spacial score (nSPS) is 18.1. The van der Waals surface area contributed by atoms with Gasteiger partial charge < -0.3 is 10.5 Å². The number of aromatic nitrogens is 1. The quantitative estimate of drug-likeness (QED) is 0.896. The third-order valence-electron chi connectivity index (χ3n) is 3.71. The Balaban J connectivity index is 2.13. The van der Waals surface area contributed by atoms with Gasteiger partial charge in [-0.2, -0.15) is 0 Å². The van der Waals surface area contributed by atoms with E-state index in [9.17, 15) is 0 Å². The number of hydrogen-bond donors (Lipinski definition) is 1. The number of benzene rings is 1. The molecule has 19 heavy (non-hydrogen) atoms. The van der Waals surface area contributed by atoms with Crippen LogP contribution >= 0.6 is 0 Å². The van der Waals surface area contributed by atoms with Crippen LogP contribution in [-0.4, -0.2) is 18.1 Å². The molecule has 2 N–H and O–H groups in total. The van der Waals surface area contributed by atoms with Gasteiger partial charge in [-0.3, -0.25) is 4.98 Å². The third kappa shape index (κ3) is 2.27. The van der Waals surface area contributed by atoms with Gasteiger partial charge in [-0.05, 0) is 41.3 Å². The van der Waals surface area contributed by atoms with Gasteiger partial charge in [0.1, 0.15) is 0 Å². The maximum absolute atomic E-state index is 5.84. The van der Waals surface area contributed by atoms with E-state index < -0.39 is 0 Å². The molecule has 1 atom stereocenters. The molecule has 1 aliphatic heterocycles.